The molecule has 1 saturated carbocycles. The zero-order valence-electron chi connectivity index (χ0n) is 23.1. The fourth-order valence-electron chi connectivity index (χ4n) is 5.14. The molecular formula is C29H39AsF2N2O5. The molecule has 0 aromatic heterocycles. The van der Waals surface area contributed by atoms with Crippen molar-refractivity contribution in [1.82, 2.24) is 0 Å². The summed E-state index contributed by atoms with van der Waals surface area (Å²) in [6, 6.07) is 6.48. The number of hydrogen-bond acceptors (Lipinski definition) is 4. The van der Waals surface area contributed by atoms with Crippen LogP contribution in [0.4, 0.5) is 25.0 Å². The average Bonchev–Trinajstić information content (AvgIpc) is 2.88. The van der Waals surface area contributed by atoms with Crippen LogP contribution in [0.5, 0.6) is 5.75 Å². The maximum atomic E-state index is 16.1. The summed E-state index contributed by atoms with van der Waals surface area (Å²) in [5.74, 6) is -2.04. The van der Waals surface area contributed by atoms with Crippen molar-refractivity contribution in [2.24, 2.45) is 5.92 Å². The molecule has 39 heavy (non-hydrogen) atoms. The number of carboxylic acid groups (broad SMARTS) is 1. The summed E-state index contributed by atoms with van der Waals surface area (Å²) in [5.41, 5.74) is 0.723. The summed E-state index contributed by atoms with van der Waals surface area (Å²) in [6.07, 6.45) is 5.25. The number of rotatable bonds is 12. The van der Waals surface area contributed by atoms with E-state index in [-0.39, 0.29) is 18.7 Å². The molecule has 214 valence electrons. The monoisotopic (exact) mass is 608 g/mol. The molecule has 1 aliphatic rings. The van der Waals surface area contributed by atoms with E-state index in [1.54, 1.807) is 6.07 Å². The van der Waals surface area contributed by atoms with E-state index in [1.807, 2.05) is 0 Å². The summed E-state index contributed by atoms with van der Waals surface area (Å²) >= 11 is -2.02. The first kappa shape index (κ1) is 30.9. The molecule has 0 spiro atoms. The molecule has 0 aliphatic heterocycles. The predicted molar refractivity (Wildman–Crippen MR) is 151 cm³/mol. The van der Waals surface area contributed by atoms with Gasteiger partial charge in [0.05, 0.1) is 0 Å². The number of nitrogens with one attached hydrogen (secondary N) is 2. The van der Waals surface area contributed by atoms with Gasteiger partial charge in [-0.05, 0) is 0 Å². The summed E-state index contributed by atoms with van der Waals surface area (Å²) in [4.78, 5) is 24.6. The van der Waals surface area contributed by atoms with Crippen LogP contribution in [0.15, 0.2) is 30.3 Å². The SMILES string of the molecule is COCC(CC(=O)O)c1cc(F)c([As](CC(C)C)C2CCCCC2)c(NC(=O)Nc2ccc(OC)cc2F)c1. The number of carbonyl (C=O) groups is 2. The Kier molecular flexibility index (Phi) is 11.6. The van der Waals surface area contributed by atoms with Gasteiger partial charge in [-0.2, -0.15) is 0 Å². The Bertz CT molecular complexity index is 1140. The number of aliphatic carboxylic acids is 1. The summed E-state index contributed by atoms with van der Waals surface area (Å²) in [5, 5.41) is 15.6. The van der Waals surface area contributed by atoms with Crippen LogP contribution in [0.3, 0.4) is 0 Å². The van der Waals surface area contributed by atoms with Gasteiger partial charge in [0.15, 0.2) is 0 Å². The Morgan fingerprint density at radius 1 is 1.03 bits per heavy atom. The second-order valence-corrected chi connectivity index (χ2v) is 15.6. The number of carboxylic acids is 1. The second kappa shape index (κ2) is 14.7. The van der Waals surface area contributed by atoms with Crippen molar-refractivity contribution in [3.63, 3.8) is 0 Å². The van der Waals surface area contributed by atoms with Gasteiger partial charge in [-0.15, -0.1) is 0 Å². The van der Waals surface area contributed by atoms with Crippen molar-refractivity contribution in [3.8, 4) is 5.75 Å². The molecule has 10 heteroatoms. The molecule has 3 rings (SSSR count). The van der Waals surface area contributed by atoms with Crippen molar-refractivity contribution in [1.29, 1.82) is 0 Å². The normalized spacial score (nSPS) is 15.6. The van der Waals surface area contributed by atoms with Crippen molar-refractivity contribution in [2.45, 2.75) is 68.2 Å². The molecule has 2 atom stereocenters. The van der Waals surface area contributed by atoms with Crippen LogP contribution in [-0.4, -0.2) is 52.6 Å². The first-order chi connectivity index (χ1) is 18.6. The van der Waals surface area contributed by atoms with Gasteiger partial charge in [-0.1, -0.05) is 0 Å². The van der Waals surface area contributed by atoms with E-state index in [0.717, 1.165) is 37.0 Å². The molecule has 0 saturated heterocycles. The van der Waals surface area contributed by atoms with Gasteiger partial charge in [0.1, 0.15) is 0 Å². The molecule has 2 unspecified atom stereocenters. The molecule has 2 aromatic carbocycles. The Labute approximate surface area is 233 Å². The minimum atomic E-state index is -2.02. The van der Waals surface area contributed by atoms with E-state index < -0.39 is 44.2 Å². The quantitative estimate of drug-likeness (QED) is 0.239. The third kappa shape index (κ3) is 8.67. The van der Waals surface area contributed by atoms with Gasteiger partial charge >= 0.3 is 234 Å². The van der Waals surface area contributed by atoms with E-state index >= 15 is 4.39 Å². The zero-order valence-corrected chi connectivity index (χ0v) is 24.9. The Hall–Kier alpha value is -2.64. The first-order valence-corrected chi connectivity index (χ1v) is 16.7. The Morgan fingerprint density at radius 2 is 1.72 bits per heavy atom. The van der Waals surface area contributed by atoms with Crippen LogP contribution in [-0.2, 0) is 9.53 Å². The molecular weight excluding hydrogens is 569 g/mol. The predicted octanol–water partition coefficient (Wildman–Crippen LogP) is 6.51. The third-order valence-electron chi connectivity index (χ3n) is 6.88. The molecule has 7 nitrogen and oxygen atoms in total. The number of ether oxygens (including phenoxy) is 2. The van der Waals surface area contributed by atoms with Gasteiger partial charge in [0.25, 0.3) is 0 Å². The standard InChI is InChI=1S/C29H39AsF2N2O5/c1-18(2)16-30(21-8-6-5-7-9-21)28-24(32)12-19(20(17-38-3)14-27(35)36)13-26(28)34-29(37)33-25-11-10-22(39-4)15-23(25)31/h10-13,15,18,20-21H,5-9,14,16-17H2,1-4H3,(H,35,36)(H2,33,34,37). The Balaban J connectivity index is 2.04. The van der Waals surface area contributed by atoms with E-state index in [0.29, 0.717) is 32.0 Å². The number of hydrogen-bond donors (Lipinski definition) is 3. The minimum absolute atomic E-state index is 0.0431. The van der Waals surface area contributed by atoms with E-state index in [4.69, 9.17) is 9.47 Å². The van der Waals surface area contributed by atoms with Gasteiger partial charge in [0, 0.05) is 0 Å². The van der Waals surface area contributed by atoms with Crippen LogP contribution < -0.4 is 19.7 Å². The van der Waals surface area contributed by atoms with Crippen LogP contribution in [0.2, 0.25) is 9.91 Å². The number of halogens is 2. The fourth-order valence-corrected chi connectivity index (χ4v) is 12.2. The van der Waals surface area contributed by atoms with E-state index in [2.05, 4.69) is 24.5 Å². The zero-order chi connectivity index (χ0) is 28.5. The number of carbonyl (C=O) groups excluding carboxylic acids is 1. The summed E-state index contributed by atoms with van der Waals surface area (Å²) < 4.78 is 41.9. The fraction of sp³-hybridized carbons (Fsp3) is 0.517. The number of urea groups is 1. The summed E-state index contributed by atoms with van der Waals surface area (Å²) in [7, 11) is 2.88. The molecule has 1 fully saturated rings. The third-order valence-corrected chi connectivity index (χ3v) is 14.3. The maximum absolute atomic E-state index is 16.1. The van der Waals surface area contributed by atoms with Gasteiger partial charge in [0.2, 0.25) is 0 Å². The Morgan fingerprint density at radius 3 is 2.31 bits per heavy atom. The number of methoxy groups -OCH3 is 2. The molecule has 2 aromatic rings. The van der Waals surface area contributed by atoms with E-state index in [9.17, 15) is 19.1 Å². The molecule has 3 N–H and O–H groups in total. The number of benzene rings is 2. The van der Waals surface area contributed by atoms with Crippen molar-refractivity contribution >= 4 is 42.4 Å². The van der Waals surface area contributed by atoms with Crippen molar-refractivity contribution < 1.29 is 33.0 Å². The van der Waals surface area contributed by atoms with Crippen LogP contribution in [0.25, 0.3) is 0 Å². The van der Waals surface area contributed by atoms with Gasteiger partial charge in [-0.25, -0.2) is 0 Å². The number of anilines is 2. The second-order valence-electron chi connectivity index (χ2n) is 10.4. The average molecular weight is 609 g/mol. The van der Waals surface area contributed by atoms with Gasteiger partial charge < -0.3 is 0 Å². The summed E-state index contributed by atoms with van der Waals surface area (Å²) in [6.45, 7) is 4.35. The molecule has 2 amide bonds. The molecule has 0 radical (unpaired) electrons. The van der Waals surface area contributed by atoms with Crippen LogP contribution in [0.1, 0.15) is 63.9 Å². The first-order valence-electron chi connectivity index (χ1n) is 13.3. The van der Waals surface area contributed by atoms with Crippen LogP contribution in [0, 0.1) is 17.6 Å². The van der Waals surface area contributed by atoms with E-state index in [1.165, 1.54) is 38.8 Å². The molecule has 0 bridgehead atoms. The topological polar surface area (TPSA) is 96.9 Å². The van der Waals surface area contributed by atoms with Crippen molar-refractivity contribution in [3.05, 3.63) is 47.5 Å². The number of amides is 2. The van der Waals surface area contributed by atoms with Crippen molar-refractivity contribution in [2.75, 3.05) is 31.5 Å². The molecule has 1 aliphatic carbocycles. The molecule has 0 heterocycles. The van der Waals surface area contributed by atoms with Crippen LogP contribution >= 0.6 is 0 Å². The van der Waals surface area contributed by atoms with Gasteiger partial charge in [-0.3, -0.25) is 0 Å².